The molecular weight excluding hydrogens is 268 g/mol. The van der Waals surface area contributed by atoms with Crippen LogP contribution in [0.1, 0.15) is 31.3 Å². The number of hydrogen-bond donors (Lipinski definition) is 2. The molecule has 2 rings (SSSR count). The van der Waals surface area contributed by atoms with Gasteiger partial charge in [0, 0.05) is 43.9 Å². The summed E-state index contributed by atoms with van der Waals surface area (Å²) in [5, 5.41) is 11.6. The third kappa shape index (κ3) is 4.04. The van der Waals surface area contributed by atoms with Crippen molar-refractivity contribution in [3.63, 3.8) is 0 Å². The van der Waals surface area contributed by atoms with E-state index in [-0.39, 0.29) is 5.84 Å². The average molecular weight is 292 g/mol. The monoisotopic (exact) mass is 292 g/mol. The molecular formula is C14H24N6O. The number of aromatic nitrogens is 2. The van der Waals surface area contributed by atoms with E-state index >= 15 is 0 Å². The molecule has 0 amide bonds. The van der Waals surface area contributed by atoms with Gasteiger partial charge < -0.3 is 15.8 Å². The summed E-state index contributed by atoms with van der Waals surface area (Å²) < 4.78 is 0. The number of aryl methyl sites for hydroxylation is 1. The normalized spacial score (nSPS) is 17.5. The minimum absolute atomic E-state index is 0.253. The first-order chi connectivity index (χ1) is 9.99. The Labute approximate surface area is 125 Å². The van der Waals surface area contributed by atoms with Gasteiger partial charge in [-0.05, 0) is 6.92 Å². The number of hydrogen-bond acceptors (Lipinski definition) is 6. The smallest absolute Gasteiger partial charge is 0.153 e. The molecule has 0 radical (unpaired) electrons. The zero-order valence-electron chi connectivity index (χ0n) is 13.0. The standard InChI is InChI=1S/C14H24N6O/c1-10(2)14-16-11(3)8-13(17-14)20-6-4-19(5-7-20)9-12(15)18-21/h8,10,21H,4-7,9H2,1-3H3,(H2,15,18). The van der Waals surface area contributed by atoms with E-state index in [4.69, 9.17) is 10.9 Å². The van der Waals surface area contributed by atoms with Gasteiger partial charge in [-0.3, -0.25) is 4.90 Å². The Hall–Kier alpha value is -1.89. The van der Waals surface area contributed by atoms with Crippen LogP contribution < -0.4 is 10.6 Å². The molecule has 0 atom stereocenters. The third-order valence-electron chi connectivity index (χ3n) is 3.58. The number of oxime groups is 1. The van der Waals surface area contributed by atoms with E-state index in [1.54, 1.807) is 0 Å². The molecule has 0 spiro atoms. The molecule has 1 saturated heterocycles. The fourth-order valence-electron chi connectivity index (χ4n) is 2.39. The lowest BCUT2D eigenvalue weighted by Gasteiger charge is -2.35. The number of rotatable bonds is 4. The maximum absolute atomic E-state index is 8.62. The van der Waals surface area contributed by atoms with Gasteiger partial charge in [0.15, 0.2) is 5.84 Å². The highest BCUT2D eigenvalue weighted by Gasteiger charge is 2.20. The molecule has 0 aromatic carbocycles. The van der Waals surface area contributed by atoms with Gasteiger partial charge in [0.2, 0.25) is 0 Å². The second-order valence-electron chi connectivity index (χ2n) is 5.73. The predicted molar refractivity (Wildman–Crippen MR) is 82.9 cm³/mol. The van der Waals surface area contributed by atoms with Crippen molar-refractivity contribution in [3.8, 4) is 0 Å². The number of amidine groups is 1. The molecule has 1 aliphatic rings. The lowest BCUT2D eigenvalue weighted by molar-refractivity contribution is 0.278. The van der Waals surface area contributed by atoms with E-state index in [1.807, 2.05) is 13.0 Å². The summed E-state index contributed by atoms with van der Waals surface area (Å²) in [5.41, 5.74) is 6.55. The van der Waals surface area contributed by atoms with Gasteiger partial charge in [-0.15, -0.1) is 0 Å². The maximum atomic E-state index is 8.62. The van der Waals surface area contributed by atoms with Crippen LogP contribution in [0.2, 0.25) is 0 Å². The Bertz CT molecular complexity index is 508. The molecule has 1 fully saturated rings. The summed E-state index contributed by atoms with van der Waals surface area (Å²) >= 11 is 0. The van der Waals surface area contributed by atoms with Crippen LogP contribution in [0.25, 0.3) is 0 Å². The zero-order valence-corrected chi connectivity index (χ0v) is 13.0. The minimum Gasteiger partial charge on any atom is -0.409 e. The molecule has 1 aromatic rings. The van der Waals surface area contributed by atoms with Gasteiger partial charge in [0.05, 0.1) is 6.54 Å². The highest BCUT2D eigenvalue weighted by Crippen LogP contribution is 2.18. The van der Waals surface area contributed by atoms with Gasteiger partial charge in [-0.1, -0.05) is 19.0 Å². The quantitative estimate of drug-likeness (QED) is 0.369. The highest BCUT2D eigenvalue weighted by atomic mass is 16.4. The Kier molecular flexibility index (Phi) is 4.95. The third-order valence-corrected chi connectivity index (χ3v) is 3.58. The molecule has 3 N–H and O–H groups in total. The molecule has 21 heavy (non-hydrogen) atoms. The van der Waals surface area contributed by atoms with E-state index in [0.29, 0.717) is 12.5 Å². The van der Waals surface area contributed by atoms with E-state index in [2.05, 4.69) is 38.8 Å². The molecule has 0 unspecified atom stereocenters. The van der Waals surface area contributed by atoms with Gasteiger partial charge in [-0.2, -0.15) is 0 Å². The topological polar surface area (TPSA) is 90.9 Å². The molecule has 1 aromatic heterocycles. The van der Waals surface area contributed by atoms with Crippen LogP contribution in [0.4, 0.5) is 5.82 Å². The Morgan fingerprint density at radius 2 is 2.00 bits per heavy atom. The fraction of sp³-hybridized carbons (Fsp3) is 0.643. The Morgan fingerprint density at radius 3 is 2.57 bits per heavy atom. The molecule has 0 aliphatic carbocycles. The zero-order chi connectivity index (χ0) is 15.4. The van der Waals surface area contributed by atoms with E-state index in [1.165, 1.54) is 0 Å². The van der Waals surface area contributed by atoms with Crippen LogP contribution in [0.5, 0.6) is 0 Å². The summed E-state index contributed by atoms with van der Waals surface area (Å²) in [6.07, 6.45) is 0. The summed E-state index contributed by atoms with van der Waals surface area (Å²) in [6, 6.07) is 2.03. The number of nitrogens with two attached hydrogens (primary N) is 1. The van der Waals surface area contributed by atoms with Gasteiger partial charge in [0.1, 0.15) is 11.6 Å². The number of piperazine rings is 1. The van der Waals surface area contributed by atoms with Crippen molar-refractivity contribution in [2.75, 3.05) is 37.6 Å². The second-order valence-corrected chi connectivity index (χ2v) is 5.73. The van der Waals surface area contributed by atoms with Crippen LogP contribution >= 0.6 is 0 Å². The highest BCUT2D eigenvalue weighted by molar-refractivity contribution is 5.81. The average Bonchev–Trinajstić information content (AvgIpc) is 2.47. The Balaban J connectivity index is 2.02. The van der Waals surface area contributed by atoms with Crippen LogP contribution in [0.3, 0.4) is 0 Å². The fourth-order valence-corrected chi connectivity index (χ4v) is 2.39. The molecule has 2 heterocycles. The van der Waals surface area contributed by atoms with Gasteiger partial charge >= 0.3 is 0 Å². The van der Waals surface area contributed by atoms with Crippen molar-refractivity contribution in [1.29, 1.82) is 0 Å². The van der Waals surface area contributed by atoms with E-state index in [0.717, 1.165) is 43.5 Å². The molecule has 0 bridgehead atoms. The summed E-state index contributed by atoms with van der Waals surface area (Å²) in [4.78, 5) is 13.6. The summed E-state index contributed by atoms with van der Waals surface area (Å²) in [6.45, 7) is 10.2. The molecule has 7 nitrogen and oxygen atoms in total. The molecule has 7 heteroatoms. The SMILES string of the molecule is Cc1cc(N2CCN(CC(N)=NO)CC2)nc(C(C)C)n1. The lowest BCUT2D eigenvalue weighted by atomic mass is 10.2. The molecule has 1 aliphatic heterocycles. The van der Waals surface area contributed by atoms with Gasteiger partial charge in [0.25, 0.3) is 0 Å². The van der Waals surface area contributed by atoms with E-state index < -0.39 is 0 Å². The number of anilines is 1. The minimum atomic E-state index is 0.253. The largest absolute Gasteiger partial charge is 0.409 e. The van der Waals surface area contributed by atoms with Crippen molar-refractivity contribution in [1.82, 2.24) is 14.9 Å². The van der Waals surface area contributed by atoms with Crippen LogP contribution in [-0.2, 0) is 0 Å². The van der Waals surface area contributed by atoms with Crippen molar-refractivity contribution >= 4 is 11.7 Å². The van der Waals surface area contributed by atoms with Crippen molar-refractivity contribution in [2.45, 2.75) is 26.7 Å². The van der Waals surface area contributed by atoms with Gasteiger partial charge in [-0.25, -0.2) is 9.97 Å². The van der Waals surface area contributed by atoms with Crippen molar-refractivity contribution in [2.24, 2.45) is 10.9 Å². The molecule has 116 valence electrons. The van der Waals surface area contributed by atoms with Crippen LogP contribution in [0, 0.1) is 6.92 Å². The summed E-state index contributed by atoms with van der Waals surface area (Å²) in [7, 11) is 0. The van der Waals surface area contributed by atoms with Crippen LogP contribution in [0.15, 0.2) is 11.2 Å². The first kappa shape index (κ1) is 15.5. The van der Waals surface area contributed by atoms with Crippen molar-refractivity contribution in [3.05, 3.63) is 17.6 Å². The molecule has 0 saturated carbocycles. The predicted octanol–water partition coefficient (Wildman–Crippen LogP) is 0.777. The Morgan fingerprint density at radius 1 is 1.33 bits per heavy atom. The maximum Gasteiger partial charge on any atom is 0.153 e. The summed E-state index contributed by atoms with van der Waals surface area (Å²) in [5.74, 6) is 2.47. The van der Waals surface area contributed by atoms with Crippen molar-refractivity contribution < 1.29 is 5.21 Å². The number of nitrogens with zero attached hydrogens (tertiary/aromatic N) is 5. The van der Waals surface area contributed by atoms with E-state index in [9.17, 15) is 0 Å². The van der Waals surface area contributed by atoms with Crippen LogP contribution in [-0.4, -0.2) is 58.6 Å². The lowest BCUT2D eigenvalue weighted by Crippen LogP contribution is -2.49. The first-order valence-corrected chi connectivity index (χ1v) is 7.29. The second kappa shape index (κ2) is 6.71. The first-order valence-electron chi connectivity index (χ1n) is 7.29.